The Morgan fingerprint density at radius 3 is 2.78 bits per heavy atom. The summed E-state index contributed by atoms with van der Waals surface area (Å²) in [5.74, 6) is 0.430. The fourth-order valence-corrected chi connectivity index (χ4v) is 1.69. The summed E-state index contributed by atoms with van der Waals surface area (Å²) < 4.78 is 5.12. The van der Waals surface area contributed by atoms with Crippen LogP contribution in [0.4, 0.5) is 5.69 Å². The molecule has 18 heavy (non-hydrogen) atoms. The molecule has 0 aliphatic carbocycles. The second-order valence-electron chi connectivity index (χ2n) is 3.92. The molecule has 4 nitrogen and oxygen atoms in total. The van der Waals surface area contributed by atoms with Crippen molar-refractivity contribution in [3.8, 4) is 6.07 Å². The number of hydrogen-bond acceptors (Lipinski definition) is 3. The highest BCUT2D eigenvalue weighted by Gasteiger charge is 2.17. The molecule has 0 aliphatic heterocycles. The van der Waals surface area contributed by atoms with E-state index in [0.717, 1.165) is 0 Å². The van der Waals surface area contributed by atoms with Crippen LogP contribution in [0, 0.1) is 18.3 Å². The highest BCUT2D eigenvalue weighted by atomic mass is 16.3. The third-order valence-electron chi connectivity index (χ3n) is 2.76. The summed E-state index contributed by atoms with van der Waals surface area (Å²) in [4.78, 5) is 13.7. The Balaban J connectivity index is 2.32. The summed E-state index contributed by atoms with van der Waals surface area (Å²) in [7, 11) is 1.67. The normalized spacial score (nSPS) is 9.83. The van der Waals surface area contributed by atoms with Gasteiger partial charge in [-0.05, 0) is 31.2 Å². The number of anilines is 1. The van der Waals surface area contributed by atoms with Crippen molar-refractivity contribution in [1.82, 2.24) is 0 Å². The van der Waals surface area contributed by atoms with Gasteiger partial charge in [-0.15, -0.1) is 0 Å². The SMILES string of the molecule is Cc1occc1C(=O)N(C)c1cccc(C#N)c1. The molecule has 0 bridgehead atoms. The minimum Gasteiger partial charge on any atom is -0.469 e. The Labute approximate surface area is 105 Å². The minimum atomic E-state index is -0.156. The van der Waals surface area contributed by atoms with Crippen molar-refractivity contribution in [2.45, 2.75) is 6.92 Å². The number of amides is 1. The zero-order valence-corrected chi connectivity index (χ0v) is 10.2. The molecule has 0 radical (unpaired) electrons. The summed E-state index contributed by atoms with van der Waals surface area (Å²) in [5, 5.41) is 8.84. The predicted molar refractivity (Wildman–Crippen MR) is 67.3 cm³/mol. The first kappa shape index (κ1) is 11.9. The first-order valence-electron chi connectivity index (χ1n) is 5.46. The third-order valence-corrected chi connectivity index (χ3v) is 2.76. The van der Waals surface area contributed by atoms with E-state index < -0.39 is 0 Å². The predicted octanol–water partition coefficient (Wildman–Crippen LogP) is 2.74. The van der Waals surface area contributed by atoms with Crippen LogP contribution in [0.5, 0.6) is 0 Å². The van der Waals surface area contributed by atoms with Crippen molar-refractivity contribution in [2.75, 3.05) is 11.9 Å². The fourth-order valence-electron chi connectivity index (χ4n) is 1.69. The second-order valence-corrected chi connectivity index (χ2v) is 3.92. The van der Waals surface area contributed by atoms with E-state index in [1.165, 1.54) is 11.2 Å². The van der Waals surface area contributed by atoms with Gasteiger partial charge in [-0.25, -0.2) is 0 Å². The Morgan fingerprint density at radius 1 is 1.39 bits per heavy atom. The van der Waals surface area contributed by atoms with Crippen LogP contribution in [0.3, 0.4) is 0 Å². The maximum absolute atomic E-state index is 12.2. The molecule has 1 aromatic carbocycles. The molecule has 0 unspecified atom stereocenters. The molecule has 0 saturated carbocycles. The maximum atomic E-state index is 12.2. The van der Waals surface area contributed by atoms with Crippen molar-refractivity contribution in [3.63, 3.8) is 0 Å². The molecular formula is C14H12N2O2. The van der Waals surface area contributed by atoms with Gasteiger partial charge in [-0.2, -0.15) is 5.26 Å². The van der Waals surface area contributed by atoms with Gasteiger partial charge in [0.1, 0.15) is 5.76 Å². The first-order chi connectivity index (χ1) is 8.63. The quantitative estimate of drug-likeness (QED) is 0.811. The zero-order valence-electron chi connectivity index (χ0n) is 10.2. The molecule has 0 saturated heterocycles. The molecule has 1 heterocycles. The van der Waals surface area contributed by atoms with Gasteiger partial charge in [0, 0.05) is 12.7 Å². The van der Waals surface area contributed by atoms with Crippen LogP contribution in [0.1, 0.15) is 21.7 Å². The molecule has 0 N–H and O–H groups in total. The molecule has 2 aromatic rings. The smallest absolute Gasteiger partial charge is 0.261 e. The molecule has 90 valence electrons. The Hall–Kier alpha value is -2.54. The van der Waals surface area contributed by atoms with Crippen molar-refractivity contribution in [1.29, 1.82) is 5.26 Å². The monoisotopic (exact) mass is 240 g/mol. The van der Waals surface area contributed by atoms with E-state index in [1.807, 2.05) is 0 Å². The van der Waals surface area contributed by atoms with Crippen LogP contribution in [0.15, 0.2) is 41.0 Å². The van der Waals surface area contributed by atoms with Gasteiger partial charge in [0.05, 0.1) is 23.5 Å². The van der Waals surface area contributed by atoms with Crippen molar-refractivity contribution < 1.29 is 9.21 Å². The van der Waals surface area contributed by atoms with Gasteiger partial charge in [0.15, 0.2) is 0 Å². The van der Waals surface area contributed by atoms with Crippen LogP contribution in [-0.4, -0.2) is 13.0 Å². The number of hydrogen-bond donors (Lipinski definition) is 0. The Morgan fingerprint density at radius 2 is 2.17 bits per heavy atom. The molecule has 0 aliphatic rings. The number of rotatable bonds is 2. The van der Waals surface area contributed by atoms with E-state index in [9.17, 15) is 4.79 Å². The molecule has 0 spiro atoms. The molecule has 1 amide bonds. The Bertz CT molecular complexity index is 623. The number of nitrogens with zero attached hydrogens (tertiary/aromatic N) is 2. The molecule has 2 rings (SSSR count). The number of benzene rings is 1. The van der Waals surface area contributed by atoms with E-state index in [0.29, 0.717) is 22.6 Å². The first-order valence-corrected chi connectivity index (χ1v) is 5.46. The summed E-state index contributed by atoms with van der Waals surface area (Å²) in [6.07, 6.45) is 1.49. The van der Waals surface area contributed by atoms with Gasteiger partial charge in [0.25, 0.3) is 5.91 Å². The summed E-state index contributed by atoms with van der Waals surface area (Å²) in [5.41, 5.74) is 1.73. The lowest BCUT2D eigenvalue weighted by molar-refractivity contribution is 0.0991. The van der Waals surface area contributed by atoms with Crippen LogP contribution < -0.4 is 4.90 Å². The van der Waals surface area contributed by atoms with Crippen molar-refractivity contribution in [3.05, 3.63) is 53.5 Å². The van der Waals surface area contributed by atoms with E-state index in [4.69, 9.17) is 9.68 Å². The third kappa shape index (κ3) is 2.11. The van der Waals surface area contributed by atoms with E-state index in [2.05, 4.69) is 6.07 Å². The average molecular weight is 240 g/mol. The molecule has 4 heteroatoms. The summed E-state index contributed by atoms with van der Waals surface area (Å²) >= 11 is 0. The lowest BCUT2D eigenvalue weighted by Crippen LogP contribution is -2.26. The van der Waals surface area contributed by atoms with Gasteiger partial charge in [-0.1, -0.05) is 6.07 Å². The largest absolute Gasteiger partial charge is 0.469 e. The maximum Gasteiger partial charge on any atom is 0.261 e. The van der Waals surface area contributed by atoms with Crippen LogP contribution in [-0.2, 0) is 0 Å². The van der Waals surface area contributed by atoms with Crippen LogP contribution in [0.2, 0.25) is 0 Å². The number of aryl methyl sites for hydroxylation is 1. The Kier molecular flexibility index (Phi) is 3.16. The minimum absolute atomic E-state index is 0.156. The number of carbonyl (C=O) groups excluding carboxylic acids is 1. The lowest BCUT2D eigenvalue weighted by Gasteiger charge is -2.17. The summed E-state index contributed by atoms with van der Waals surface area (Å²) in [6, 6.07) is 10.6. The molecule has 1 aromatic heterocycles. The average Bonchev–Trinajstić information content (AvgIpc) is 2.83. The van der Waals surface area contributed by atoms with Crippen molar-refractivity contribution in [2.24, 2.45) is 0 Å². The van der Waals surface area contributed by atoms with E-state index >= 15 is 0 Å². The highest BCUT2D eigenvalue weighted by Crippen LogP contribution is 2.19. The molecule has 0 fully saturated rings. The van der Waals surface area contributed by atoms with Gasteiger partial charge in [0.2, 0.25) is 0 Å². The number of nitriles is 1. The standard InChI is InChI=1S/C14H12N2O2/c1-10-13(6-7-18-10)14(17)16(2)12-5-3-4-11(8-12)9-15/h3-8H,1-2H3. The van der Waals surface area contributed by atoms with E-state index in [1.54, 1.807) is 44.3 Å². The molecular weight excluding hydrogens is 228 g/mol. The second kappa shape index (κ2) is 4.76. The van der Waals surface area contributed by atoms with Gasteiger partial charge < -0.3 is 9.32 Å². The number of carbonyl (C=O) groups is 1. The summed E-state index contributed by atoms with van der Waals surface area (Å²) in [6.45, 7) is 1.74. The lowest BCUT2D eigenvalue weighted by atomic mass is 10.2. The molecule has 0 atom stereocenters. The fraction of sp³-hybridized carbons (Fsp3) is 0.143. The van der Waals surface area contributed by atoms with Gasteiger partial charge in [-0.3, -0.25) is 4.79 Å². The van der Waals surface area contributed by atoms with Crippen LogP contribution >= 0.6 is 0 Å². The van der Waals surface area contributed by atoms with E-state index in [-0.39, 0.29) is 5.91 Å². The highest BCUT2D eigenvalue weighted by molar-refractivity contribution is 6.06. The van der Waals surface area contributed by atoms with Crippen LogP contribution in [0.25, 0.3) is 0 Å². The van der Waals surface area contributed by atoms with Crippen molar-refractivity contribution >= 4 is 11.6 Å². The topological polar surface area (TPSA) is 57.2 Å². The van der Waals surface area contributed by atoms with Gasteiger partial charge >= 0.3 is 0 Å². The number of furan rings is 1. The zero-order chi connectivity index (χ0) is 13.1.